The summed E-state index contributed by atoms with van der Waals surface area (Å²) in [4.78, 5) is 0. The van der Waals surface area contributed by atoms with E-state index in [0.717, 1.165) is 6.61 Å². The SMILES string of the molecule is CC1=CC(C)(C)OCC1C. The lowest BCUT2D eigenvalue weighted by Gasteiger charge is -2.30. The molecule has 0 N–H and O–H groups in total. The quantitative estimate of drug-likeness (QED) is 0.469. The smallest absolute Gasteiger partial charge is 0.0809 e. The van der Waals surface area contributed by atoms with Crippen molar-refractivity contribution in [2.75, 3.05) is 6.61 Å². The average Bonchev–Trinajstić information content (AvgIpc) is 1.79. The highest BCUT2D eigenvalue weighted by Gasteiger charge is 2.22. The minimum Gasteiger partial charge on any atom is -0.371 e. The topological polar surface area (TPSA) is 9.23 Å². The van der Waals surface area contributed by atoms with E-state index in [4.69, 9.17) is 4.74 Å². The normalized spacial score (nSPS) is 31.6. The Bertz CT molecular complexity index is 156. The van der Waals surface area contributed by atoms with Gasteiger partial charge in [0.1, 0.15) is 0 Å². The van der Waals surface area contributed by atoms with Crippen molar-refractivity contribution >= 4 is 0 Å². The summed E-state index contributed by atoms with van der Waals surface area (Å²) in [6, 6.07) is 0. The van der Waals surface area contributed by atoms with Crippen LogP contribution in [0.5, 0.6) is 0 Å². The van der Waals surface area contributed by atoms with Crippen LogP contribution in [0.15, 0.2) is 11.6 Å². The van der Waals surface area contributed by atoms with Gasteiger partial charge in [-0.3, -0.25) is 0 Å². The molecule has 1 aliphatic rings. The maximum absolute atomic E-state index is 5.57. The summed E-state index contributed by atoms with van der Waals surface area (Å²) in [5.74, 6) is 0.605. The van der Waals surface area contributed by atoms with Crippen LogP contribution in [0.4, 0.5) is 0 Å². The highest BCUT2D eigenvalue weighted by molar-refractivity contribution is 5.12. The maximum atomic E-state index is 5.57. The van der Waals surface area contributed by atoms with E-state index in [0.29, 0.717) is 5.92 Å². The zero-order valence-electron chi connectivity index (χ0n) is 7.27. The molecule has 1 aliphatic heterocycles. The molecule has 10 heavy (non-hydrogen) atoms. The van der Waals surface area contributed by atoms with Crippen molar-refractivity contribution in [1.29, 1.82) is 0 Å². The molecule has 1 heteroatoms. The molecule has 0 aromatic heterocycles. The minimum absolute atomic E-state index is 0.0312. The standard InChI is InChI=1S/C9H16O/c1-7-5-9(3,4)10-6-8(7)2/h5,8H,6H2,1-4H3. The van der Waals surface area contributed by atoms with E-state index in [1.54, 1.807) is 0 Å². The van der Waals surface area contributed by atoms with E-state index in [1.807, 2.05) is 0 Å². The molecule has 58 valence electrons. The first-order valence-corrected chi connectivity index (χ1v) is 3.84. The zero-order valence-corrected chi connectivity index (χ0v) is 7.27. The Hall–Kier alpha value is -0.300. The second-order valence-corrected chi connectivity index (χ2v) is 3.70. The van der Waals surface area contributed by atoms with Crippen LogP contribution in [0.2, 0.25) is 0 Å². The fourth-order valence-corrected chi connectivity index (χ4v) is 1.20. The Kier molecular flexibility index (Phi) is 1.86. The predicted molar refractivity (Wildman–Crippen MR) is 43.0 cm³/mol. The largest absolute Gasteiger partial charge is 0.371 e. The van der Waals surface area contributed by atoms with Crippen LogP contribution in [0.1, 0.15) is 27.7 Å². The van der Waals surface area contributed by atoms with Crippen molar-refractivity contribution in [3.05, 3.63) is 11.6 Å². The lowest BCUT2D eigenvalue weighted by atomic mass is 9.94. The van der Waals surface area contributed by atoms with Crippen LogP contribution < -0.4 is 0 Å². The van der Waals surface area contributed by atoms with Gasteiger partial charge in [0, 0.05) is 5.92 Å². The number of hydrogen-bond acceptors (Lipinski definition) is 1. The van der Waals surface area contributed by atoms with E-state index < -0.39 is 0 Å². The molecule has 0 bridgehead atoms. The maximum Gasteiger partial charge on any atom is 0.0809 e. The Morgan fingerprint density at radius 3 is 2.60 bits per heavy atom. The van der Waals surface area contributed by atoms with Crippen molar-refractivity contribution in [2.24, 2.45) is 5.92 Å². The Morgan fingerprint density at radius 1 is 1.60 bits per heavy atom. The predicted octanol–water partition coefficient (Wildman–Crippen LogP) is 2.38. The number of ether oxygens (including phenoxy) is 1. The number of hydrogen-bond donors (Lipinski definition) is 0. The molecule has 0 radical (unpaired) electrons. The lowest BCUT2D eigenvalue weighted by Crippen LogP contribution is -2.30. The van der Waals surface area contributed by atoms with Crippen molar-refractivity contribution in [3.8, 4) is 0 Å². The molecule has 1 atom stereocenters. The molecule has 0 saturated heterocycles. The molecule has 0 aromatic carbocycles. The van der Waals surface area contributed by atoms with Gasteiger partial charge in [0.2, 0.25) is 0 Å². The first-order valence-electron chi connectivity index (χ1n) is 3.84. The van der Waals surface area contributed by atoms with Gasteiger partial charge < -0.3 is 4.74 Å². The van der Waals surface area contributed by atoms with E-state index >= 15 is 0 Å². The molecular formula is C9H16O. The summed E-state index contributed by atoms with van der Waals surface area (Å²) in [5.41, 5.74) is 1.42. The van der Waals surface area contributed by atoms with E-state index in [-0.39, 0.29) is 5.60 Å². The molecule has 1 nitrogen and oxygen atoms in total. The van der Waals surface area contributed by atoms with Gasteiger partial charge in [-0.25, -0.2) is 0 Å². The molecule has 0 aliphatic carbocycles. The second kappa shape index (κ2) is 2.39. The third kappa shape index (κ3) is 1.60. The summed E-state index contributed by atoms with van der Waals surface area (Å²) in [7, 11) is 0. The molecule has 0 spiro atoms. The Morgan fingerprint density at radius 2 is 2.20 bits per heavy atom. The van der Waals surface area contributed by atoms with Gasteiger partial charge in [0.15, 0.2) is 0 Å². The third-order valence-electron chi connectivity index (χ3n) is 2.06. The van der Waals surface area contributed by atoms with Gasteiger partial charge in [-0.2, -0.15) is 0 Å². The fourth-order valence-electron chi connectivity index (χ4n) is 1.20. The van der Waals surface area contributed by atoms with Crippen molar-refractivity contribution in [1.82, 2.24) is 0 Å². The van der Waals surface area contributed by atoms with Gasteiger partial charge in [-0.15, -0.1) is 0 Å². The van der Waals surface area contributed by atoms with Crippen molar-refractivity contribution in [3.63, 3.8) is 0 Å². The number of rotatable bonds is 0. The van der Waals surface area contributed by atoms with E-state index in [2.05, 4.69) is 33.8 Å². The third-order valence-corrected chi connectivity index (χ3v) is 2.06. The Balaban J connectivity index is 2.76. The van der Waals surface area contributed by atoms with Crippen LogP contribution in [-0.4, -0.2) is 12.2 Å². The molecular weight excluding hydrogens is 124 g/mol. The van der Waals surface area contributed by atoms with Gasteiger partial charge in [0.05, 0.1) is 12.2 Å². The zero-order chi connectivity index (χ0) is 7.78. The Labute approximate surface area is 63.1 Å². The molecule has 1 heterocycles. The lowest BCUT2D eigenvalue weighted by molar-refractivity contribution is -0.00591. The van der Waals surface area contributed by atoms with E-state index in [1.165, 1.54) is 5.57 Å². The molecule has 1 unspecified atom stereocenters. The van der Waals surface area contributed by atoms with Gasteiger partial charge in [0.25, 0.3) is 0 Å². The first kappa shape index (κ1) is 7.80. The highest BCUT2D eigenvalue weighted by atomic mass is 16.5. The summed E-state index contributed by atoms with van der Waals surface area (Å²) >= 11 is 0. The average molecular weight is 140 g/mol. The van der Waals surface area contributed by atoms with Crippen LogP contribution in [0, 0.1) is 5.92 Å². The summed E-state index contributed by atoms with van der Waals surface area (Å²) in [6.45, 7) is 9.44. The first-order chi connectivity index (χ1) is 4.51. The summed E-state index contributed by atoms with van der Waals surface area (Å²) in [6.07, 6.45) is 2.21. The minimum atomic E-state index is -0.0312. The van der Waals surface area contributed by atoms with Crippen LogP contribution in [0.3, 0.4) is 0 Å². The van der Waals surface area contributed by atoms with E-state index in [9.17, 15) is 0 Å². The fraction of sp³-hybridized carbons (Fsp3) is 0.778. The van der Waals surface area contributed by atoms with Crippen molar-refractivity contribution < 1.29 is 4.74 Å². The molecule has 0 amide bonds. The molecule has 1 rings (SSSR count). The molecule has 0 saturated carbocycles. The molecule has 0 fully saturated rings. The van der Waals surface area contributed by atoms with Gasteiger partial charge in [-0.1, -0.05) is 18.6 Å². The summed E-state index contributed by atoms with van der Waals surface area (Å²) in [5, 5.41) is 0. The molecule has 0 aromatic rings. The van der Waals surface area contributed by atoms with Crippen LogP contribution >= 0.6 is 0 Å². The van der Waals surface area contributed by atoms with Gasteiger partial charge in [-0.05, 0) is 20.8 Å². The monoisotopic (exact) mass is 140 g/mol. The van der Waals surface area contributed by atoms with Crippen LogP contribution in [-0.2, 0) is 4.74 Å². The highest BCUT2D eigenvalue weighted by Crippen LogP contribution is 2.25. The second-order valence-electron chi connectivity index (χ2n) is 3.70. The van der Waals surface area contributed by atoms with Crippen LogP contribution in [0.25, 0.3) is 0 Å². The van der Waals surface area contributed by atoms with Crippen molar-refractivity contribution in [2.45, 2.75) is 33.3 Å². The summed E-state index contributed by atoms with van der Waals surface area (Å²) < 4.78 is 5.57. The van der Waals surface area contributed by atoms with Gasteiger partial charge >= 0.3 is 0 Å².